The molecule has 2 saturated heterocycles. The van der Waals surface area contributed by atoms with E-state index in [1.54, 1.807) is 36.0 Å². The molecule has 4 rings (SSSR count). The second-order valence-electron chi connectivity index (χ2n) is 6.24. The number of halogens is 1. The maximum Gasteiger partial charge on any atom is 0.269 e. The quantitative estimate of drug-likeness (QED) is 0.408. The van der Waals surface area contributed by atoms with Crippen LogP contribution in [0.25, 0.3) is 0 Å². The van der Waals surface area contributed by atoms with Crippen LogP contribution in [-0.2, 0) is 4.79 Å². The molecule has 0 aromatic heterocycles. The molecule has 0 unspecified atom stereocenters. The number of anilines is 1. The van der Waals surface area contributed by atoms with E-state index in [4.69, 9.17) is 28.6 Å². The van der Waals surface area contributed by atoms with Crippen LogP contribution < -0.4 is 9.64 Å². The average molecular weight is 436 g/mol. The zero-order chi connectivity index (χ0) is 20.0. The van der Waals surface area contributed by atoms with Gasteiger partial charge in [0.25, 0.3) is 11.6 Å². The molecule has 144 valence electrons. The zero-order valence-electron chi connectivity index (χ0n) is 14.6. The Bertz CT molecular complexity index is 1000. The summed E-state index contributed by atoms with van der Waals surface area (Å²) in [6.07, 6.45) is 0. The summed E-state index contributed by atoms with van der Waals surface area (Å²) in [6, 6.07) is 11.1. The number of hydrogen-bond acceptors (Lipinski definition) is 6. The number of methoxy groups -OCH3 is 1. The predicted molar refractivity (Wildman–Crippen MR) is 112 cm³/mol. The number of amides is 1. The van der Waals surface area contributed by atoms with E-state index in [-0.39, 0.29) is 17.0 Å². The van der Waals surface area contributed by atoms with E-state index in [1.165, 1.54) is 24.1 Å². The number of fused-ring (bicyclic) bond motifs is 1. The van der Waals surface area contributed by atoms with Crippen LogP contribution in [0.5, 0.6) is 5.75 Å². The van der Waals surface area contributed by atoms with Gasteiger partial charge in [-0.3, -0.25) is 19.8 Å². The first-order valence-electron chi connectivity index (χ1n) is 8.28. The molecule has 28 heavy (non-hydrogen) atoms. The van der Waals surface area contributed by atoms with E-state index < -0.39 is 11.0 Å². The molecule has 2 atom stereocenters. The van der Waals surface area contributed by atoms with Crippen LogP contribution in [0, 0.1) is 10.1 Å². The van der Waals surface area contributed by atoms with Gasteiger partial charge >= 0.3 is 0 Å². The molecule has 0 bridgehead atoms. The number of nitro groups is 1. The number of non-ortho nitro benzene ring substituents is 1. The summed E-state index contributed by atoms with van der Waals surface area (Å²) in [6.45, 7) is 0. The van der Waals surface area contributed by atoms with Crippen LogP contribution >= 0.6 is 35.6 Å². The van der Waals surface area contributed by atoms with Gasteiger partial charge in [0.05, 0.1) is 22.7 Å². The highest BCUT2D eigenvalue weighted by atomic mass is 35.5. The molecule has 2 aliphatic heterocycles. The number of carbonyl (C=O) groups is 1. The molecule has 2 aliphatic rings. The highest BCUT2D eigenvalue weighted by Crippen LogP contribution is 2.47. The van der Waals surface area contributed by atoms with Gasteiger partial charge in [-0.15, -0.1) is 11.8 Å². The van der Waals surface area contributed by atoms with E-state index >= 15 is 0 Å². The van der Waals surface area contributed by atoms with Crippen molar-refractivity contribution in [2.45, 2.75) is 11.4 Å². The molecule has 2 heterocycles. The van der Waals surface area contributed by atoms with Crippen molar-refractivity contribution < 1.29 is 14.5 Å². The molecule has 0 saturated carbocycles. The van der Waals surface area contributed by atoms with Crippen LogP contribution in [0.2, 0.25) is 5.02 Å². The van der Waals surface area contributed by atoms with Gasteiger partial charge in [-0.25, -0.2) is 0 Å². The molecule has 10 heteroatoms. The number of rotatable bonds is 4. The number of hydrogen-bond donors (Lipinski definition) is 0. The number of nitrogens with zero attached hydrogens (tertiary/aromatic N) is 3. The lowest BCUT2D eigenvalue weighted by molar-refractivity contribution is -0.384. The zero-order valence-corrected chi connectivity index (χ0v) is 17.0. The fraction of sp³-hybridized carbons (Fsp3) is 0.222. The highest BCUT2D eigenvalue weighted by molar-refractivity contribution is 7.99. The molecule has 0 spiro atoms. The Morgan fingerprint density at radius 3 is 2.79 bits per heavy atom. The van der Waals surface area contributed by atoms with Gasteiger partial charge in [0.1, 0.15) is 17.2 Å². The van der Waals surface area contributed by atoms with Crippen LogP contribution in [0.4, 0.5) is 11.4 Å². The first-order chi connectivity index (χ1) is 13.4. The molecule has 2 aromatic rings. The van der Waals surface area contributed by atoms with Crippen molar-refractivity contribution in [3.8, 4) is 5.75 Å². The van der Waals surface area contributed by atoms with E-state index in [9.17, 15) is 14.9 Å². The fourth-order valence-electron chi connectivity index (χ4n) is 3.37. The van der Waals surface area contributed by atoms with Crippen molar-refractivity contribution >= 4 is 58.0 Å². The molecule has 7 nitrogen and oxygen atoms in total. The van der Waals surface area contributed by atoms with Gasteiger partial charge in [0, 0.05) is 17.9 Å². The first-order valence-corrected chi connectivity index (χ1v) is 10.1. The number of thiocarbonyl (C=S) groups is 1. The summed E-state index contributed by atoms with van der Waals surface area (Å²) in [5, 5.41) is 11.6. The molecule has 2 fully saturated rings. The van der Waals surface area contributed by atoms with Crippen LogP contribution in [0.3, 0.4) is 0 Å². The number of carbonyl (C=O) groups excluding carboxylic acids is 1. The van der Waals surface area contributed by atoms with Crippen LogP contribution in [0.1, 0.15) is 10.9 Å². The SMILES string of the molecule is COc1ccc(N2C(=O)[C@H]3CS[C@@H](c4cccc([N+](=O)[O-])c4)N3C2=S)cc1Cl. The van der Waals surface area contributed by atoms with E-state index in [0.29, 0.717) is 27.3 Å². The van der Waals surface area contributed by atoms with Crippen molar-refractivity contribution in [3.63, 3.8) is 0 Å². The molecule has 2 aromatic carbocycles. The third kappa shape index (κ3) is 2.99. The maximum absolute atomic E-state index is 13.0. The minimum atomic E-state index is -0.431. The summed E-state index contributed by atoms with van der Waals surface area (Å²) in [7, 11) is 1.52. The Kier molecular flexibility index (Phi) is 4.90. The van der Waals surface area contributed by atoms with Crippen molar-refractivity contribution in [3.05, 3.63) is 63.2 Å². The van der Waals surface area contributed by atoms with E-state index in [1.807, 2.05) is 11.0 Å². The van der Waals surface area contributed by atoms with Gasteiger partial charge in [-0.2, -0.15) is 0 Å². The van der Waals surface area contributed by atoms with Crippen molar-refractivity contribution in [2.75, 3.05) is 17.8 Å². The van der Waals surface area contributed by atoms with Crippen molar-refractivity contribution in [1.29, 1.82) is 0 Å². The molecule has 0 N–H and O–H groups in total. The van der Waals surface area contributed by atoms with Crippen molar-refractivity contribution in [1.82, 2.24) is 4.90 Å². The highest BCUT2D eigenvalue weighted by Gasteiger charge is 2.51. The summed E-state index contributed by atoms with van der Waals surface area (Å²) in [5.41, 5.74) is 1.32. The topological polar surface area (TPSA) is 75.9 Å². The van der Waals surface area contributed by atoms with Gasteiger partial charge in [-0.05, 0) is 36.0 Å². The van der Waals surface area contributed by atoms with Gasteiger partial charge in [0.15, 0.2) is 5.11 Å². The summed E-state index contributed by atoms with van der Waals surface area (Å²) >= 11 is 13.4. The minimum Gasteiger partial charge on any atom is -0.495 e. The first kappa shape index (κ1) is 19.0. The van der Waals surface area contributed by atoms with Crippen molar-refractivity contribution in [2.24, 2.45) is 0 Å². The lowest BCUT2D eigenvalue weighted by Crippen LogP contribution is -2.33. The van der Waals surface area contributed by atoms with Gasteiger partial charge < -0.3 is 9.64 Å². The number of thioether (sulfide) groups is 1. The lowest BCUT2D eigenvalue weighted by atomic mass is 10.1. The predicted octanol–water partition coefficient (Wildman–Crippen LogP) is 4.00. The molecular weight excluding hydrogens is 422 g/mol. The third-order valence-corrected chi connectivity index (χ3v) is 6.69. The smallest absolute Gasteiger partial charge is 0.269 e. The second kappa shape index (κ2) is 7.23. The van der Waals surface area contributed by atoms with E-state index in [2.05, 4.69) is 0 Å². The second-order valence-corrected chi connectivity index (χ2v) is 8.12. The maximum atomic E-state index is 13.0. The van der Waals surface area contributed by atoms with Crippen LogP contribution in [0.15, 0.2) is 42.5 Å². The minimum absolute atomic E-state index is 0.0109. The molecule has 0 aliphatic carbocycles. The molecular formula is C18H14ClN3O4S2. The number of ether oxygens (including phenoxy) is 1. The lowest BCUT2D eigenvalue weighted by Gasteiger charge is -2.25. The van der Waals surface area contributed by atoms with Gasteiger partial charge in [0.2, 0.25) is 0 Å². The third-order valence-electron chi connectivity index (χ3n) is 4.68. The normalized spacial score (nSPS) is 21.2. The summed E-state index contributed by atoms with van der Waals surface area (Å²) in [4.78, 5) is 27.0. The Morgan fingerprint density at radius 1 is 1.32 bits per heavy atom. The number of nitro benzene ring substituents is 1. The molecule has 0 radical (unpaired) electrons. The number of benzene rings is 2. The monoisotopic (exact) mass is 435 g/mol. The summed E-state index contributed by atoms with van der Waals surface area (Å²) < 4.78 is 5.16. The van der Waals surface area contributed by atoms with Gasteiger partial charge in [-0.1, -0.05) is 23.7 Å². The Balaban J connectivity index is 1.67. The molecule has 1 amide bonds. The largest absolute Gasteiger partial charge is 0.495 e. The average Bonchev–Trinajstić information content (AvgIpc) is 3.22. The summed E-state index contributed by atoms with van der Waals surface area (Å²) in [5.74, 6) is 0.923. The Labute approximate surface area is 175 Å². The van der Waals surface area contributed by atoms with Crippen LogP contribution in [-0.4, -0.2) is 39.7 Å². The standard InChI is InChI=1S/C18H14ClN3O4S2/c1-26-15-6-5-11(8-13(15)19)20-16(23)14-9-28-17(21(14)18(20)27)10-3-2-4-12(7-10)22(24)25/h2-8,14,17H,9H2,1H3/t14-,17+/m1/s1. The van der Waals surface area contributed by atoms with E-state index in [0.717, 1.165) is 5.56 Å². The fourth-order valence-corrected chi connectivity index (χ4v) is 5.53. The Morgan fingerprint density at radius 2 is 2.11 bits per heavy atom. The Hall–Kier alpha value is -2.36.